The molecule has 0 spiro atoms. The molecule has 0 unspecified atom stereocenters. The van der Waals surface area contributed by atoms with Gasteiger partial charge in [0.15, 0.2) is 5.82 Å². The zero-order chi connectivity index (χ0) is 13.9. The first-order valence-corrected chi connectivity index (χ1v) is 7.02. The van der Waals surface area contributed by atoms with Crippen LogP contribution in [0.2, 0.25) is 5.02 Å². The van der Waals surface area contributed by atoms with Gasteiger partial charge in [0.25, 0.3) is 0 Å². The minimum atomic E-state index is -0.153. The molecule has 1 saturated heterocycles. The van der Waals surface area contributed by atoms with E-state index in [1.165, 1.54) is 0 Å². The number of rotatable bonds is 3. The van der Waals surface area contributed by atoms with Crippen LogP contribution in [-0.4, -0.2) is 49.2 Å². The molecule has 106 valence electrons. The van der Waals surface area contributed by atoms with Crippen LogP contribution in [-0.2, 0) is 6.54 Å². The van der Waals surface area contributed by atoms with Gasteiger partial charge in [-0.2, -0.15) is 0 Å². The molecule has 3 rings (SSSR count). The molecule has 1 N–H and O–H groups in total. The van der Waals surface area contributed by atoms with Gasteiger partial charge in [-0.15, -0.1) is 5.10 Å². The monoisotopic (exact) mass is 293 g/mol. The summed E-state index contributed by atoms with van der Waals surface area (Å²) in [5.74, 6) is 0.696. The number of nitrogens with zero attached hydrogens (tertiary/aromatic N) is 5. The van der Waals surface area contributed by atoms with Gasteiger partial charge in [-0.3, -0.25) is 4.90 Å². The fraction of sp³-hybridized carbons (Fsp3) is 0.462. The van der Waals surface area contributed by atoms with Crippen molar-refractivity contribution in [1.82, 2.24) is 24.9 Å². The van der Waals surface area contributed by atoms with E-state index < -0.39 is 0 Å². The highest BCUT2D eigenvalue weighted by Gasteiger charge is 2.18. The molecule has 20 heavy (non-hydrogen) atoms. The Labute approximate surface area is 122 Å². The summed E-state index contributed by atoms with van der Waals surface area (Å²) in [4.78, 5) is 6.47. The van der Waals surface area contributed by atoms with Gasteiger partial charge in [0.05, 0.1) is 23.0 Å². The lowest BCUT2D eigenvalue weighted by Crippen LogP contribution is -2.35. The SMILES string of the molecule is OC1CCN(Cc2cn(-c3ccc(Cl)cn3)nn2)CC1. The summed E-state index contributed by atoms with van der Waals surface area (Å²) >= 11 is 5.81. The Balaban J connectivity index is 1.66. The summed E-state index contributed by atoms with van der Waals surface area (Å²) in [5, 5.41) is 18.3. The minimum absolute atomic E-state index is 0.153. The zero-order valence-electron chi connectivity index (χ0n) is 11.0. The fourth-order valence-electron chi connectivity index (χ4n) is 2.29. The molecule has 1 fully saturated rings. The van der Waals surface area contributed by atoms with Crippen LogP contribution in [0, 0.1) is 0 Å². The molecule has 0 saturated carbocycles. The number of aliphatic hydroxyl groups excluding tert-OH is 1. The highest BCUT2D eigenvalue weighted by atomic mass is 35.5. The first-order valence-electron chi connectivity index (χ1n) is 6.64. The first-order chi connectivity index (χ1) is 9.70. The molecule has 1 aliphatic rings. The molecule has 0 bridgehead atoms. The average Bonchev–Trinajstić information content (AvgIpc) is 2.91. The van der Waals surface area contributed by atoms with Gasteiger partial charge in [-0.05, 0) is 25.0 Å². The molecule has 0 radical (unpaired) electrons. The highest BCUT2D eigenvalue weighted by Crippen LogP contribution is 2.13. The van der Waals surface area contributed by atoms with E-state index in [1.807, 2.05) is 6.20 Å². The van der Waals surface area contributed by atoms with E-state index in [-0.39, 0.29) is 6.10 Å². The lowest BCUT2D eigenvalue weighted by molar-refractivity contribution is 0.0786. The molecule has 0 amide bonds. The number of likely N-dealkylation sites (tertiary alicyclic amines) is 1. The van der Waals surface area contributed by atoms with E-state index in [0.717, 1.165) is 38.2 Å². The molecular formula is C13H16ClN5O. The summed E-state index contributed by atoms with van der Waals surface area (Å²) < 4.78 is 1.64. The van der Waals surface area contributed by atoms with Crippen molar-refractivity contribution in [3.8, 4) is 5.82 Å². The average molecular weight is 294 g/mol. The van der Waals surface area contributed by atoms with Gasteiger partial charge < -0.3 is 5.11 Å². The normalized spacial score (nSPS) is 17.5. The molecule has 6 nitrogen and oxygen atoms in total. The maximum Gasteiger partial charge on any atom is 0.155 e. The molecule has 0 atom stereocenters. The minimum Gasteiger partial charge on any atom is -0.393 e. The lowest BCUT2D eigenvalue weighted by atomic mass is 10.1. The number of pyridine rings is 1. The van der Waals surface area contributed by atoms with Crippen LogP contribution >= 0.6 is 11.6 Å². The Morgan fingerprint density at radius 2 is 2.10 bits per heavy atom. The van der Waals surface area contributed by atoms with Crippen molar-refractivity contribution in [3.63, 3.8) is 0 Å². The maximum atomic E-state index is 9.49. The predicted molar refractivity (Wildman–Crippen MR) is 74.7 cm³/mol. The Kier molecular flexibility index (Phi) is 3.95. The third-order valence-electron chi connectivity index (χ3n) is 3.43. The zero-order valence-corrected chi connectivity index (χ0v) is 11.7. The molecule has 7 heteroatoms. The van der Waals surface area contributed by atoms with Gasteiger partial charge in [-0.1, -0.05) is 16.8 Å². The third kappa shape index (κ3) is 3.15. The number of halogens is 1. The molecule has 2 aromatic rings. The summed E-state index contributed by atoms with van der Waals surface area (Å²) in [6.07, 6.45) is 4.96. The highest BCUT2D eigenvalue weighted by molar-refractivity contribution is 6.30. The number of hydrogen-bond donors (Lipinski definition) is 1. The van der Waals surface area contributed by atoms with Crippen LogP contribution < -0.4 is 0 Å². The Morgan fingerprint density at radius 3 is 2.80 bits per heavy atom. The number of aromatic nitrogens is 4. The topological polar surface area (TPSA) is 67.1 Å². The second-order valence-electron chi connectivity index (χ2n) is 5.00. The van der Waals surface area contributed by atoms with Crippen molar-refractivity contribution in [2.45, 2.75) is 25.5 Å². The molecule has 0 aromatic carbocycles. The molecule has 1 aliphatic heterocycles. The number of aliphatic hydroxyl groups is 1. The third-order valence-corrected chi connectivity index (χ3v) is 3.65. The lowest BCUT2D eigenvalue weighted by Gasteiger charge is -2.28. The van der Waals surface area contributed by atoms with Crippen molar-refractivity contribution in [2.24, 2.45) is 0 Å². The Bertz CT molecular complexity index is 562. The molecule has 2 aromatic heterocycles. The van der Waals surface area contributed by atoms with Gasteiger partial charge in [0.1, 0.15) is 0 Å². The smallest absolute Gasteiger partial charge is 0.155 e. The van der Waals surface area contributed by atoms with Crippen molar-refractivity contribution < 1.29 is 5.11 Å². The molecule has 0 aliphatic carbocycles. The van der Waals surface area contributed by atoms with Crippen molar-refractivity contribution in [1.29, 1.82) is 0 Å². The second-order valence-corrected chi connectivity index (χ2v) is 5.43. The summed E-state index contributed by atoms with van der Waals surface area (Å²) in [7, 11) is 0. The Hall–Kier alpha value is -1.50. The van der Waals surface area contributed by atoms with Crippen LogP contribution in [0.5, 0.6) is 0 Å². The fourth-order valence-corrected chi connectivity index (χ4v) is 2.40. The van der Waals surface area contributed by atoms with E-state index in [0.29, 0.717) is 10.8 Å². The van der Waals surface area contributed by atoms with Crippen LogP contribution in [0.3, 0.4) is 0 Å². The van der Waals surface area contributed by atoms with Gasteiger partial charge in [-0.25, -0.2) is 9.67 Å². The van der Waals surface area contributed by atoms with Crippen LogP contribution in [0.1, 0.15) is 18.5 Å². The number of hydrogen-bond acceptors (Lipinski definition) is 5. The number of piperidine rings is 1. The van der Waals surface area contributed by atoms with Gasteiger partial charge in [0, 0.05) is 25.8 Å². The largest absolute Gasteiger partial charge is 0.393 e. The van der Waals surface area contributed by atoms with Crippen molar-refractivity contribution in [3.05, 3.63) is 35.2 Å². The summed E-state index contributed by atoms with van der Waals surface area (Å²) in [6.45, 7) is 2.54. The van der Waals surface area contributed by atoms with Crippen LogP contribution in [0.25, 0.3) is 5.82 Å². The second kappa shape index (κ2) is 5.87. The Morgan fingerprint density at radius 1 is 1.30 bits per heavy atom. The summed E-state index contributed by atoms with van der Waals surface area (Å²) in [5.41, 5.74) is 0.901. The van der Waals surface area contributed by atoms with E-state index in [2.05, 4.69) is 20.2 Å². The van der Waals surface area contributed by atoms with Crippen molar-refractivity contribution in [2.75, 3.05) is 13.1 Å². The van der Waals surface area contributed by atoms with Gasteiger partial charge >= 0.3 is 0 Å². The first kappa shape index (κ1) is 13.5. The van der Waals surface area contributed by atoms with Crippen molar-refractivity contribution >= 4 is 11.6 Å². The van der Waals surface area contributed by atoms with Crippen LogP contribution in [0.4, 0.5) is 0 Å². The standard InChI is InChI=1S/C13H16ClN5O/c14-10-1-2-13(15-7-10)19-9-11(16-17-19)8-18-5-3-12(20)4-6-18/h1-2,7,9,12,20H,3-6,8H2. The quantitative estimate of drug-likeness (QED) is 0.923. The van der Waals surface area contributed by atoms with E-state index in [9.17, 15) is 5.11 Å². The van der Waals surface area contributed by atoms with E-state index >= 15 is 0 Å². The molecule has 3 heterocycles. The maximum absolute atomic E-state index is 9.49. The van der Waals surface area contributed by atoms with E-state index in [4.69, 9.17) is 11.6 Å². The predicted octanol–water partition coefficient (Wildman–Crippen LogP) is 1.27. The van der Waals surface area contributed by atoms with E-state index in [1.54, 1.807) is 23.0 Å². The van der Waals surface area contributed by atoms with Gasteiger partial charge in [0.2, 0.25) is 0 Å². The summed E-state index contributed by atoms with van der Waals surface area (Å²) in [6, 6.07) is 3.58. The van der Waals surface area contributed by atoms with Crippen LogP contribution in [0.15, 0.2) is 24.5 Å². The molecular weight excluding hydrogens is 278 g/mol.